The largest absolute Gasteiger partial charge is 0.472 e. The van der Waals surface area contributed by atoms with Gasteiger partial charge in [-0.15, -0.1) is 0 Å². The molecule has 0 aliphatic heterocycles. The first kappa shape index (κ1) is 84.1. The van der Waals surface area contributed by atoms with Crippen LogP contribution in [0.1, 0.15) is 325 Å². The summed E-state index contributed by atoms with van der Waals surface area (Å²) >= 11 is 0. The molecule has 0 saturated carbocycles. The van der Waals surface area contributed by atoms with Crippen LogP contribution in [0.25, 0.3) is 0 Å². The monoisotopic (exact) mass is 1270 g/mol. The van der Waals surface area contributed by atoms with E-state index in [2.05, 4.69) is 55.4 Å². The zero-order valence-electron chi connectivity index (χ0n) is 55.9. The van der Waals surface area contributed by atoms with Crippen molar-refractivity contribution in [2.24, 2.45) is 23.7 Å². The van der Waals surface area contributed by atoms with Crippen molar-refractivity contribution in [3.05, 3.63) is 0 Å². The van der Waals surface area contributed by atoms with Gasteiger partial charge >= 0.3 is 39.5 Å². The van der Waals surface area contributed by atoms with E-state index in [9.17, 15) is 43.2 Å². The molecule has 0 heterocycles. The van der Waals surface area contributed by atoms with Crippen molar-refractivity contribution < 1.29 is 80.2 Å². The summed E-state index contributed by atoms with van der Waals surface area (Å²) in [6, 6.07) is 0. The molecular formula is C67H130O17P2. The molecule has 0 aromatic carbocycles. The molecule has 510 valence electrons. The zero-order valence-corrected chi connectivity index (χ0v) is 57.7. The van der Waals surface area contributed by atoms with Crippen LogP contribution in [-0.4, -0.2) is 96.7 Å². The van der Waals surface area contributed by atoms with Crippen LogP contribution >= 0.6 is 15.6 Å². The number of aliphatic hydroxyl groups excluding tert-OH is 1. The van der Waals surface area contributed by atoms with Crippen LogP contribution in [0.3, 0.4) is 0 Å². The van der Waals surface area contributed by atoms with Crippen LogP contribution in [0, 0.1) is 23.7 Å². The third kappa shape index (κ3) is 59.7. The number of phosphoric acid groups is 2. The molecule has 19 heteroatoms. The summed E-state index contributed by atoms with van der Waals surface area (Å²) in [5, 5.41) is 10.6. The lowest BCUT2D eigenvalue weighted by Gasteiger charge is -2.21. The molecule has 3 unspecified atom stereocenters. The quantitative estimate of drug-likeness (QED) is 0.0222. The van der Waals surface area contributed by atoms with Gasteiger partial charge in [-0.3, -0.25) is 37.3 Å². The number of hydrogen-bond donors (Lipinski definition) is 3. The fraction of sp³-hybridized carbons (Fsp3) is 0.940. The third-order valence-electron chi connectivity index (χ3n) is 15.7. The Balaban J connectivity index is 5.25. The topological polar surface area (TPSA) is 237 Å². The van der Waals surface area contributed by atoms with Crippen molar-refractivity contribution in [3.8, 4) is 0 Å². The van der Waals surface area contributed by atoms with E-state index < -0.39 is 97.5 Å². The maximum absolute atomic E-state index is 13.0. The van der Waals surface area contributed by atoms with Crippen molar-refractivity contribution in [3.63, 3.8) is 0 Å². The number of esters is 4. The summed E-state index contributed by atoms with van der Waals surface area (Å²) in [5.41, 5.74) is 0. The molecule has 0 fully saturated rings. The lowest BCUT2D eigenvalue weighted by Crippen LogP contribution is -2.30. The molecule has 86 heavy (non-hydrogen) atoms. The normalized spacial score (nSPS) is 14.7. The van der Waals surface area contributed by atoms with Crippen molar-refractivity contribution in [1.82, 2.24) is 0 Å². The van der Waals surface area contributed by atoms with Crippen LogP contribution in [-0.2, 0) is 65.4 Å². The van der Waals surface area contributed by atoms with Crippen molar-refractivity contribution in [2.75, 3.05) is 39.6 Å². The minimum Gasteiger partial charge on any atom is -0.462 e. The maximum Gasteiger partial charge on any atom is 0.472 e. The fourth-order valence-corrected chi connectivity index (χ4v) is 11.5. The van der Waals surface area contributed by atoms with Gasteiger partial charge in [-0.2, -0.15) is 0 Å². The first-order valence-corrected chi connectivity index (χ1v) is 37.7. The van der Waals surface area contributed by atoms with Gasteiger partial charge in [0.05, 0.1) is 26.4 Å². The van der Waals surface area contributed by atoms with E-state index in [0.29, 0.717) is 37.5 Å². The Labute approximate surface area is 524 Å². The summed E-state index contributed by atoms with van der Waals surface area (Å²) in [5.74, 6) is 0.803. The highest BCUT2D eigenvalue weighted by Gasteiger charge is 2.30. The number of ether oxygens (including phenoxy) is 4. The zero-order chi connectivity index (χ0) is 63.9. The van der Waals surface area contributed by atoms with E-state index in [1.54, 1.807) is 0 Å². The molecular weight excluding hydrogens is 1140 g/mol. The van der Waals surface area contributed by atoms with Crippen LogP contribution in [0.2, 0.25) is 0 Å². The SMILES string of the molecule is CCC(C)CCCCCCCCCCCCC(=O)O[C@H](COC(=O)CCCCCCCCC(C)C)COP(=O)(O)OC[C@H](O)COP(=O)(O)OC[C@@H](COC(=O)CCCCCCCCCC(C)C)OC(=O)CCCCCCCCCCCCC(C)C. The van der Waals surface area contributed by atoms with Crippen molar-refractivity contribution in [2.45, 2.75) is 343 Å². The molecule has 0 aromatic heterocycles. The standard InChI is InChI=1S/C67H130O17P2/c1-9-60(8)46-38-30-21-15-11-13-17-23-34-42-50-67(72)84-63(54-78-65(70)48-40-32-26-25-29-37-45-59(6)7)56-82-86(75,76)80-52-61(68)51-79-85(73,74)81-55-62(53-77-64(69)47-39-31-24-18-20-28-36-44-58(4)5)83-66(71)49-41-33-22-16-12-10-14-19-27-35-43-57(2)3/h57-63,68H,9-56H2,1-8H3,(H,73,74)(H,75,76)/t60?,61-,62-,63-/m1/s1. The van der Waals surface area contributed by atoms with Gasteiger partial charge in [0.1, 0.15) is 19.3 Å². The van der Waals surface area contributed by atoms with E-state index in [4.69, 9.17) is 37.0 Å². The van der Waals surface area contributed by atoms with Gasteiger partial charge in [-0.25, -0.2) is 9.13 Å². The highest BCUT2D eigenvalue weighted by Crippen LogP contribution is 2.45. The molecule has 0 amide bonds. The highest BCUT2D eigenvalue weighted by atomic mass is 31.2. The average molecular weight is 1270 g/mol. The number of carbonyl (C=O) groups excluding carboxylic acids is 4. The van der Waals surface area contributed by atoms with Gasteiger partial charge in [0, 0.05) is 25.7 Å². The summed E-state index contributed by atoms with van der Waals surface area (Å²) in [6.07, 6.45) is 37.7. The number of aliphatic hydroxyl groups is 1. The Bertz CT molecular complexity index is 1720. The predicted molar refractivity (Wildman–Crippen MR) is 344 cm³/mol. The second-order valence-corrected chi connectivity index (χ2v) is 28.8. The molecule has 6 atom stereocenters. The minimum absolute atomic E-state index is 0.104. The number of carbonyl (C=O) groups is 4. The van der Waals surface area contributed by atoms with Crippen molar-refractivity contribution in [1.29, 1.82) is 0 Å². The molecule has 0 radical (unpaired) electrons. The molecule has 0 saturated heterocycles. The van der Waals surface area contributed by atoms with Crippen LogP contribution in [0.15, 0.2) is 0 Å². The Hall–Kier alpha value is -1.94. The molecule has 0 aliphatic carbocycles. The summed E-state index contributed by atoms with van der Waals surface area (Å²) in [7, 11) is -9.90. The lowest BCUT2D eigenvalue weighted by molar-refractivity contribution is -0.161. The first-order valence-electron chi connectivity index (χ1n) is 34.7. The van der Waals surface area contributed by atoms with E-state index in [1.165, 1.54) is 116 Å². The molecule has 17 nitrogen and oxygen atoms in total. The van der Waals surface area contributed by atoms with Gasteiger partial charge in [-0.1, -0.05) is 274 Å². The Morgan fingerprint density at radius 3 is 0.826 bits per heavy atom. The van der Waals surface area contributed by atoms with E-state index in [-0.39, 0.29) is 25.7 Å². The summed E-state index contributed by atoms with van der Waals surface area (Å²) in [4.78, 5) is 72.3. The van der Waals surface area contributed by atoms with Gasteiger partial charge in [0.25, 0.3) is 0 Å². The Morgan fingerprint density at radius 2 is 0.558 bits per heavy atom. The Kier molecular flexibility index (Phi) is 55.7. The van der Waals surface area contributed by atoms with Gasteiger partial charge < -0.3 is 33.8 Å². The fourth-order valence-electron chi connectivity index (χ4n) is 9.93. The third-order valence-corrected chi connectivity index (χ3v) is 17.6. The summed E-state index contributed by atoms with van der Waals surface area (Å²) in [6.45, 7) is 14.0. The predicted octanol–water partition coefficient (Wildman–Crippen LogP) is 18.5. The van der Waals surface area contributed by atoms with Gasteiger partial charge in [0.15, 0.2) is 12.2 Å². The molecule has 0 rings (SSSR count). The van der Waals surface area contributed by atoms with E-state index >= 15 is 0 Å². The molecule has 0 aromatic rings. The van der Waals surface area contributed by atoms with E-state index in [1.807, 2.05) is 0 Å². The molecule has 0 aliphatic rings. The number of phosphoric ester groups is 2. The summed E-state index contributed by atoms with van der Waals surface area (Å²) < 4.78 is 68.1. The molecule has 3 N–H and O–H groups in total. The molecule has 0 spiro atoms. The van der Waals surface area contributed by atoms with Gasteiger partial charge in [0.2, 0.25) is 0 Å². The number of unbranched alkanes of at least 4 members (excludes halogenated alkanes) is 29. The average Bonchev–Trinajstić information content (AvgIpc) is 3.66. The smallest absolute Gasteiger partial charge is 0.462 e. The maximum atomic E-state index is 13.0. The Morgan fingerprint density at radius 1 is 0.326 bits per heavy atom. The van der Waals surface area contributed by atoms with E-state index in [0.717, 1.165) is 115 Å². The van der Waals surface area contributed by atoms with Crippen LogP contribution < -0.4 is 0 Å². The second kappa shape index (κ2) is 57.0. The lowest BCUT2D eigenvalue weighted by atomic mass is 9.99. The first-order chi connectivity index (χ1) is 41.1. The number of rotatable bonds is 64. The highest BCUT2D eigenvalue weighted by molar-refractivity contribution is 7.47. The second-order valence-electron chi connectivity index (χ2n) is 25.9. The van der Waals surface area contributed by atoms with Crippen LogP contribution in [0.4, 0.5) is 0 Å². The number of hydrogen-bond acceptors (Lipinski definition) is 15. The van der Waals surface area contributed by atoms with Crippen LogP contribution in [0.5, 0.6) is 0 Å². The molecule has 0 bridgehead atoms. The minimum atomic E-state index is -4.95. The van der Waals surface area contributed by atoms with Gasteiger partial charge in [-0.05, 0) is 49.4 Å². The van der Waals surface area contributed by atoms with Crippen molar-refractivity contribution >= 4 is 39.5 Å².